The van der Waals surface area contributed by atoms with Crippen LogP contribution in [0.15, 0.2) is 48.5 Å². The Morgan fingerprint density at radius 2 is 1.62 bits per heavy atom. The van der Waals surface area contributed by atoms with Crippen LogP contribution in [0.5, 0.6) is 0 Å². The maximum Gasteiger partial charge on any atom is 0.224 e. The summed E-state index contributed by atoms with van der Waals surface area (Å²) in [4.78, 5) is 23.4. The maximum atomic E-state index is 13.4. The Labute approximate surface area is 120 Å². The molecule has 0 atom stereocenters. The van der Waals surface area contributed by atoms with E-state index in [2.05, 4.69) is 5.32 Å². The summed E-state index contributed by atoms with van der Waals surface area (Å²) in [5.41, 5.74) is 0.576. The molecule has 0 aliphatic rings. The van der Waals surface area contributed by atoms with Gasteiger partial charge in [0, 0.05) is 5.56 Å². The van der Waals surface area contributed by atoms with Crippen molar-refractivity contribution >= 4 is 11.7 Å². The highest BCUT2D eigenvalue weighted by molar-refractivity contribution is 5.99. The van der Waals surface area contributed by atoms with Gasteiger partial charge in [0.15, 0.2) is 5.78 Å². The third-order valence-electron chi connectivity index (χ3n) is 2.92. The number of ketones is 1. The van der Waals surface area contributed by atoms with Gasteiger partial charge in [0.1, 0.15) is 11.6 Å². The van der Waals surface area contributed by atoms with E-state index in [1.165, 1.54) is 42.5 Å². The van der Waals surface area contributed by atoms with E-state index in [1.54, 1.807) is 6.07 Å². The molecule has 0 unspecified atom stereocenters. The van der Waals surface area contributed by atoms with E-state index in [0.29, 0.717) is 5.56 Å². The predicted molar refractivity (Wildman–Crippen MR) is 73.8 cm³/mol. The summed E-state index contributed by atoms with van der Waals surface area (Å²) in [6.45, 7) is -0.209. The van der Waals surface area contributed by atoms with Gasteiger partial charge in [-0.3, -0.25) is 9.59 Å². The first kappa shape index (κ1) is 14.8. The van der Waals surface area contributed by atoms with Crippen molar-refractivity contribution in [3.05, 3.63) is 71.3 Å². The van der Waals surface area contributed by atoms with Gasteiger partial charge in [-0.15, -0.1) is 0 Å². The Bertz CT molecular complexity index is 654. The summed E-state index contributed by atoms with van der Waals surface area (Å²) in [6, 6.07) is 11.0. The van der Waals surface area contributed by atoms with Gasteiger partial charge in [-0.2, -0.15) is 0 Å². The largest absolute Gasteiger partial charge is 0.348 e. The molecule has 0 spiro atoms. The molecule has 0 saturated heterocycles. The van der Waals surface area contributed by atoms with Crippen LogP contribution in [0.1, 0.15) is 15.9 Å². The van der Waals surface area contributed by atoms with Crippen molar-refractivity contribution in [2.45, 2.75) is 6.42 Å². The van der Waals surface area contributed by atoms with Crippen LogP contribution in [0.4, 0.5) is 8.78 Å². The first-order valence-corrected chi connectivity index (χ1v) is 6.35. The summed E-state index contributed by atoms with van der Waals surface area (Å²) in [5, 5.41) is 2.42. The first-order chi connectivity index (χ1) is 10.1. The third kappa shape index (κ3) is 4.21. The van der Waals surface area contributed by atoms with Crippen LogP contribution in [0, 0.1) is 11.6 Å². The smallest absolute Gasteiger partial charge is 0.224 e. The van der Waals surface area contributed by atoms with Crippen LogP contribution in [-0.2, 0) is 11.2 Å². The molecular formula is C16H13F2NO2. The van der Waals surface area contributed by atoms with E-state index in [9.17, 15) is 18.4 Å². The molecular weight excluding hydrogens is 276 g/mol. The zero-order chi connectivity index (χ0) is 15.2. The number of nitrogens with one attached hydrogen (secondary N) is 1. The summed E-state index contributed by atoms with van der Waals surface area (Å²) < 4.78 is 26.1. The van der Waals surface area contributed by atoms with Crippen molar-refractivity contribution in [1.29, 1.82) is 0 Å². The summed E-state index contributed by atoms with van der Waals surface area (Å²) in [7, 11) is 0. The number of Topliss-reactive ketones (excluding diaryl/α,β-unsaturated/α-hetero) is 1. The number of amides is 1. The lowest BCUT2D eigenvalue weighted by Gasteiger charge is -2.05. The van der Waals surface area contributed by atoms with E-state index in [1.807, 2.05) is 0 Å². The second-order valence-electron chi connectivity index (χ2n) is 4.47. The van der Waals surface area contributed by atoms with Crippen molar-refractivity contribution in [2.24, 2.45) is 0 Å². The monoisotopic (exact) mass is 289 g/mol. The molecule has 2 rings (SSSR count). The van der Waals surface area contributed by atoms with Crippen molar-refractivity contribution < 1.29 is 18.4 Å². The first-order valence-electron chi connectivity index (χ1n) is 6.35. The van der Waals surface area contributed by atoms with Gasteiger partial charge < -0.3 is 5.32 Å². The molecule has 5 heteroatoms. The lowest BCUT2D eigenvalue weighted by molar-refractivity contribution is -0.120. The minimum atomic E-state index is -0.461. The van der Waals surface area contributed by atoms with Crippen LogP contribution < -0.4 is 5.32 Å². The molecule has 0 radical (unpaired) electrons. The minimum absolute atomic E-state index is 0.136. The van der Waals surface area contributed by atoms with Gasteiger partial charge in [-0.05, 0) is 35.9 Å². The molecule has 1 amide bonds. The van der Waals surface area contributed by atoms with Gasteiger partial charge in [0.05, 0.1) is 13.0 Å². The average Bonchev–Trinajstić information content (AvgIpc) is 2.48. The van der Waals surface area contributed by atoms with Crippen LogP contribution >= 0.6 is 0 Å². The fourth-order valence-corrected chi connectivity index (χ4v) is 1.79. The molecule has 1 N–H and O–H groups in total. The zero-order valence-corrected chi connectivity index (χ0v) is 11.1. The molecule has 3 nitrogen and oxygen atoms in total. The fraction of sp³-hybridized carbons (Fsp3) is 0.125. The van der Waals surface area contributed by atoms with Crippen molar-refractivity contribution in [3.8, 4) is 0 Å². The average molecular weight is 289 g/mol. The molecule has 108 valence electrons. The minimum Gasteiger partial charge on any atom is -0.348 e. The maximum absolute atomic E-state index is 13.4. The number of hydrogen-bond donors (Lipinski definition) is 1. The molecule has 0 aromatic heterocycles. The van der Waals surface area contributed by atoms with Crippen molar-refractivity contribution in [3.63, 3.8) is 0 Å². The number of carbonyl (C=O) groups is 2. The lowest BCUT2D eigenvalue weighted by atomic mass is 10.1. The molecule has 0 aliphatic heterocycles. The molecule has 0 heterocycles. The third-order valence-corrected chi connectivity index (χ3v) is 2.92. The lowest BCUT2D eigenvalue weighted by Crippen LogP contribution is -2.31. The molecule has 0 bridgehead atoms. The summed E-state index contributed by atoms with van der Waals surface area (Å²) in [5.74, 6) is -1.68. The number of carbonyl (C=O) groups excluding carboxylic acids is 2. The number of benzene rings is 2. The molecule has 0 aliphatic carbocycles. The highest BCUT2D eigenvalue weighted by atomic mass is 19.1. The Morgan fingerprint density at radius 1 is 0.952 bits per heavy atom. The van der Waals surface area contributed by atoms with Crippen molar-refractivity contribution in [2.75, 3.05) is 6.54 Å². The van der Waals surface area contributed by atoms with Gasteiger partial charge in [-0.1, -0.05) is 18.2 Å². The highest BCUT2D eigenvalue weighted by Gasteiger charge is 2.10. The zero-order valence-electron chi connectivity index (χ0n) is 11.1. The SMILES string of the molecule is O=C(Cc1ccccc1F)NCC(=O)c1ccc(F)cc1. The summed E-state index contributed by atoms with van der Waals surface area (Å²) in [6.07, 6.45) is -0.136. The Morgan fingerprint density at radius 3 is 2.29 bits per heavy atom. The van der Waals surface area contributed by atoms with E-state index >= 15 is 0 Å². The molecule has 2 aromatic rings. The topological polar surface area (TPSA) is 46.2 Å². The standard InChI is InChI=1S/C16H13F2NO2/c17-13-7-5-11(6-8-13)15(20)10-19-16(21)9-12-3-1-2-4-14(12)18/h1-8H,9-10H2,(H,19,21). The van der Waals surface area contributed by atoms with Gasteiger partial charge in [-0.25, -0.2) is 8.78 Å². The second-order valence-corrected chi connectivity index (χ2v) is 4.47. The van der Waals surface area contributed by atoms with Crippen LogP contribution in [-0.4, -0.2) is 18.2 Å². The highest BCUT2D eigenvalue weighted by Crippen LogP contribution is 2.07. The van der Waals surface area contributed by atoms with Crippen LogP contribution in [0.3, 0.4) is 0 Å². The number of halogens is 2. The Hall–Kier alpha value is -2.56. The molecule has 21 heavy (non-hydrogen) atoms. The van der Waals surface area contributed by atoms with Crippen molar-refractivity contribution in [1.82, 2.24) is 5.32 Å². The molecule has 0 fully saturated rings. The Balaban J connectivity index is 1.88. The molecule has 0 saturated carbocycles. The Kier molecular flexibility index (Phi) is 4.77. The summed E-state index contributed by atoms with van der Waals surface area (Å²) >= 11 is 0. The fourth-order valence-electron chi connectivity index (χ4n) is 1.79. The molecule has 2 aromatic carbocycles. The van der Waals surface area contributed by atoms with E-state index in [0.717, 1.165) is 0 Å². The van der Waals surface area contributed by atoms with Gasteiger partial charge >= 0.3 is 0 Å². The predicted octanol–water partition coefficient (Wildman–Crippen LogP) is 2.51. The van der Waals surface area contributed by atoms with E-state index in [4.69, 9.17) is 0 Å². The van der Waals surface area contributed by atoms with Gasteiger partial charge in [0.25, 0.3) is 0 Å². The van der Waals surface area contributed by atoms with E-state index in [-0.39, 0.29) is 24.3 Å². The second kappa shape index (κ2) is 6.74. The number of hydrogen-bond acceptors (Lipinski definition) is 2. The normalized spacial score (nSPS) is 10.2. The van der Waals surface area contributed by atoms with Crippen LogP contribution in [0.25, 0.3) is 0 Å². The van der Waals surface area contributed by atoms with E-state index < -0.39 is 17.5 Å². The van der Waals surface area contributed by atoms with Gasteiger partial charge in [0.2, 0.25) is 5.91 Å². The quantitative estimate of drug-likeness (QED) is 0.860. The number of rotatable bonds is 5. The van der Waals surface area contributed by atoms with Crippen LogP contribution in [0.2, 0.25) is 0 Å².